The summed E-state index contributed by atoms with van der Waals surface area (Å²) in [5, 5.41) is 19.9. The summed E-state index contributed by atoms with van der Waals surface area (Å²) < 4.78 is 13.8. The summed E-state index contributed by atoms with van der Waals surface area (Å²) in [6, 6.07) is 23.5. The summed E-state index contributed by atoms with van der Waals surface area (Å²) in [5.41, 5.74) is 2.31. The Labute approximate surface area is 212 Å². The van der Waals surface area contributed by atoms with Crippen LogP contribution in [-0.2, 0) is 6.54 Å². The van der Waals surface area contributed by atoms with Gasteiger partial charge in [-0.3, -0.25) is 4.79 Å². The number of aromatic hydroxyl groups is 1. The number of hydrogen-bond acceptors (Lipinski definition) is 3. The lowest BCUT2D eigenvalue weighted by Gasteiger charge is -2.24. The van der Waals surface area contributed by atoms with Gasteiger partial charge in [-0.05, 0) is 78.4 Å². The maximum Gasteiger partial charge on any atom is 0.339 e. The molecule has 4 rings (SSSR count). The van der Waals surface area contributed by atoms with E-state index < -0.39 is 23.4 Å². The molecule has 4 aromatic carbocycles. The van der Waals surface area contributed by atoms with E-state index >= 15 is 0 Å². The number of benzene rings is 4. The Bertz CT molecular complexity index is 1490. The second-order valence-electron chi connectivity index (χ2n) is 7.86. The molecule has 0 radical (unpaired) electrons. The zero-order valence-electron chi connectivity index (χ0n) is 18.8. The van der Waals surface area contributed by atoms with Gasteiger partial charge in [0.05, 0.1) is 6.54 Å². The average Bonchev–Trinajstić information content (AvgIpc) is 2.87. The van der Waals surface area contributed by atoms with E-state index in [-0.39, 0.29) is 23.4 Å². The number of carbonyl (C=O) groups excluding carboxylic acids is 1. The Hall–Kier alpha value is -4.60. The summed E-state index contributed by atoms with van der Waals surface area (Å²) in [6.07, 6.45) is 0. The van der Waals surface area contributed by atoms with E-state index in [1.807, 2.05) is 24.3 Å². The van der Waals surface area contributed by atoms with E-state index in [0.717, 1.165) is 22.8 Å². The maximum atomic E-state index is 13.8. The third kappa shape index (κ3) is 5.90. The van der Waals surface area contributed by atoms with Crippen molar-refractivity contribution < 1.29 is 24.2 Å². The highest BCUT2D eigenvalue weighted by Gasteiger charge is 2.21. The molecule has 0 aliphatic rings. The molecular formula is C29H19ClFNO4. The molecule has 36 heavy (non-hydrogen) atoms. The first-order valence-electron chi connectivity index (χ1n) is 10.8. The van der Waals surface area contributed by atoms with Crippen LogP contribution in [0, 0.1) is 17.7 Å². The number of rotatable bonds is 5. The highest BCUT2D eigenvalue weighted by atomic mass is 35.5. The van der Waals surface area contributed by atoms with Crippen molar-refractivity contribution in [1.29, 1.82) is 0 Å². The van der Waals surface area contributed by atoms with Crippen molar-refractivity contribution in [2.24, 2.45) is 0 Å². The molecule has 0 aliphatic carbocycles. The molecule has 0 bridgehead atoms. The van der Waals surface area contributed by atoms with Gasteiger partial charge in [0.15, 0.2) is 0 Å². The van der Waals surface area contributed by atoms with Crippen molar-refractivity contribution in [1.82, 2.24) is 0 Å². The zero-order chi connectivity index (χ0) is 25.7. The molecule has 4 aromatic rings. The molecule has 0 heterocycles. The molecule has 178 valence electrons. The number of carboxylic acid groups (broad SMARTS) is 1. The predicted octanol–water partition coefficient (Wildman–Crippen LogP) is 6.13. The van der Waals surface area contributed by atoms with Gasteiger partial charge in [-0.1, -0.05) is 41.6 Å². The fourth-order valence-electron chi connectivity index (χ4n) is 3.47. The lowest BCUT2D eigenvalue weighted by atomic mass is 10.1. The first kappa shape index (κ1) is 24.5. The SMILES string of the molecule is O=C(O)c1cc(N(Cc2ccc(C#Cc3ccc(Cl)cc3)cc2)C(=O)c2cccc(F)c2)ccc1O. The third-order valence-corrected chi connectivity index (χ3v) is 5.58. The van der Waals surface area contributed by atoms with Crippen LogP contribution in [-0.4, -0.2) is 22.1 Å². The van der Waals surface area contributed by atoms with Crippen molar-refractivity contribution >= 4 is 29.2 Å². The molecule has 7 heteroatoms. The van der Waals surface area contributed by atoms with Gasteiger partial charge >= 0.3 is 5.97 Å². The van der Waals surface area contributed by atoms with Crippen LogP contribution in [0.1, 0.15) is 37.4 Å². The lowest BCUT2D eigenvalue weighted by molar-refractivity contribution is 0.0693. The molecule has 0 fully saturated rings. The lowest BCUT2D eigenvalue weighted by Crippen LogP contribution is -2.30. The summed E-state index contributed by atoms with van der Waals surface area (Å²) in [4.78, 5) is 26.2. The van der Waals surface area contributed by atoms with Gasteiger partial charge in [-0.15, -0.1) is 0 Å². The minimum Gasteiger partial charge on any atom is -0.507 e. The van der Waals surface area contributed by atoms with Crippen LogP contribution in [0.25, 0.3) is 0 Å². The van der Waals surface area contributed by atoms with E-state index in [4.69, 9.17) is 11.6 Å². The highest BCUT2D eigenvalue weighted by Crippen LogP contribution is 2.27. The Morgan fingerprint density at radius 3 is 2.11 bits per heavy atom. The number of phenols is 1. The highest BCUT2D eigenvalue weighted by molar-refractivity contribution is 6.30. The molecule has 0 unspecified atom stereocenters. The van der Waals surface area contributed by atoms with Crippen molar-refractivity contribution in [3.8, 4) is 17.6 Å². The molecule has 0 saturated heterocycles. The van der Waals surface area contributed by atoms with Gasteiger partial charge < -0.3 is 15.1 Å². The number of hydrogen-bond donors (Lipinski definition) is 2. The molecule has 0 spiro atoms. The minimum absolute atomic E-state index is 0.0735. The Morgan fingerprint density at radius 2 is 1.50 bits per heavy atom. The van der Waals surface area contributed by atoms with Crippen LogP contribution in [0.15, 0.2) is 91.0 Å². The topological polar surface area (TPSA) is 77.8 Å². The summed E-state index contributed by atoms with van der Waals surface area (Å²) in [5.74, 6) is 3.27. The molecule has 5 nitrogen and oxygen atoms in total. The monoisotopic (exact) mass is 499 g/mol. The first-order chi connectivity index (χ1) is 17.3. The Balaban J connectivity index is 1.64. The van der Waals surface area contributed by atoms with E-state index in [9.17, 15) is 24.2 Å². The van der Waals surface area contributed by atoms with E-state index in [2.05, 4.69) is 11.8 Å². The Kier molecular flexibility index (Phi) is 7.33. The van der Waals surface area contributed by atoms with Gasteiger partial charge in [-0.25, -0.2) is 9.18 Å². The minimum atomic E-state index is -1.34. The van der Waals surface area contributed by atoms with E-state index in [0.29, 0.717) is 5.02 Å². The molecule has 0 aliphatic heterocycles. The van der Waals surface area contributed by atoms with Gasteiger partial charge in [0.2, 0.25) is 0 Å². The van der Waals surface area contributed by atoms with Crippen molar-refractivity contribution in [3.63, 3.8) is 0 Å². The summed E-state index contributed by atoms with van der Waals surface area (Å²) >= 11 is 5.90. The molecule has 0 aromatic heterocycles. The van der Waals surface area contributed by atoms with Crippen LogP contribution >= 0.6 is 11.6 Å². The third-order valence-electron chi connectivity index (χ3n) is 5.33. The Morgan fingerprint density at radius 1 is 0.861 bits per heavy atom. The largest absolute Gasteiger partial charge is 0.507 e. The van der Waals surface area contributed by atoms with Crippen LogP contribution < -0.4 is 4.90 Å². The second-order valence-corrected chi connectivity index (χ2v) is 8.30. The van der Waals surface area contributed by atoms with Crippen LogP contribution in [0.2, 0.25) is 5.02 Å². The fraction of sp³-hybridized carbons (Fsp3) is 0.0345. The number of aromatic carboxylic acids is 1. The molecule has 0 atom stereocenters. The number of carboxylic acids is 1. The van der Waals surface area contributed by atoms with E-state index in [1.165, 1.54) is 41.3 Å². The van der Waals surface area contributed by atoms with Gasteiger partial charge in [0.1, 0.15) is 17.1 Å². The molecule has 0 saturated carbocycles. The molecule has 2 N–H and O–H groups in total. The quantitative estimate of drug-likeness (QED) is 0.324. The van der Waals surface area contributed by atoms with Crippen LogP contribution in [0.3, 0.4) is 0 Å². The van der Waals surface area contributed by atoms with Gasteiger partial charge in [0, 0.05) is 27.4 Å². The van der Waals surface area contributed by atoms with Crippen molar-refractivity contribution in [2.45, 2.75) is 6.54 Å². The van der Waals surface area contributed by atoms with Crippen LogP contribution in [0.4, 0.5) is 10.1 Å². The average molecular weight is 500 g/mol. The van der Waals surface area contributed by atoms with Crippen molar-refractivity contribution in [2.75, 3.05) is 4.90 Å². The zero-order valence-corrected chi connectivity index (χ0v) is 19.5. The van der Waals surface area contributed by atoms with Gasteiger partial charge in [-0.2, -0.15) is 0 Å². The van der Waals surface area contributed by atoms with Gasteiger partial charge in [0.25, 0.3) is 5.91 Å². The second kappa shape index (κ2) is 10.8. The molecule has 1 amide bonds. The number of amides is 1. The van der Waals surface area contributed by atoms with E-state index in [1.54, 1.807) is 24.3 Å². The summed E-state index contributed by atoms with van der Waals surface area (Å²) in [7, 11) is 0. The number of halogens is 2. The fourth-order valence-corrected chi connectivity index (χ4v) is 3.60. The smallest absolute Gasteiger partial charge is 0.339 e. The van der Waals surface area contributed by atoms with Crippen molar-refractivity contribution in [3.05, 3.63) is 130 Å². The standard InChI is InChI=1S/C29H19ClFNO4/c30-23-12-10-20(11-13-23)5-4-19-6-8-21(9-7-19)18-32(28(34)22-2-1-3-24(31)16-22)25-14-15-27(33)26(17-25)29(35)36/h1-3,6-17,33H,18H2,(H,35,36). The van der Waals surface area contributed by atoms with Crippen LogP contribution in [0.5, 0.6) is 5.75 Å². The first-order valence-corrected chi connectivity index (χ1v) is 11.2. The summed E-state index contributed by atoms with van der Waals surface area (Å²) in [6.45, 7) is 0.0735. The normalized spacial score (nSPS) is 10.3. The maximum absolute atomic E-state index is 13.8. The predicted molar refractivity (Wildman–Crippen MR) is 136 cm³/mol. The molecular weight excluding hydrogens is 481 g/mol. The number of nitrogens with zero attached hydrogens (tertiary/aromatic N) is 1. The number of carbonyl (C=O) groups is 2. The number of anilines is 1.